The van der Waals surface area contributed by atoms with Crippen LogP contribution in [0, 0.1) is 5.92 Å². The molecule has 2 aliphatic heterocycles. The third-order valence-corrected chi connectivity index (χ3v) is 7.22. The summed E-state index contributed by atoms with van der Waals surface area (Å²) < 4.78 is 25.5. The average Bonchev–Trinajstić information content (AvgIpc) is 2.68. The molecule has 3 fully saturated rings. The molecule has 10 heteroatoms. The first-order valence-corrected chi connectivity index (χ1v) is 12.0. The summed E-state index contributed by atoms with van der Waals surface area (Å²) in [6, 6.07) is -1.67. The second-order valence-corrected chi connectivity index (χ2v) is 9.94. The number of piperazine rings is 1. The van der Waals surface area contributed by atoms with Crippen LogP contribution in [0.2, 0.25) is 0 Å². The maximum atomic E-state index is 12.9. The van der Waals surface area contributed by atoms with E-state index in [1.807, 2.05) is 0 Å². The van der Waals surface area contributed by atoms with Crippen LogP contribution in [0.25, 0.3) is 0 Å². The number of carbonyl (C=O) groups is 3. The number of amides is 3. The summed E-state index contributed by atoms with van der Waals surface area (Å²) in [6.07, 6.45) is 7.24. The Bertz CT molecular complexity index is 719. The number of nitrogens with zero attached hydrogens (tertiary/aromatic N) is 2. The molecule has 2 atom stereocenters. The molecule has 2 saturated heterocycles. The predicted molar refractivity (Wildman–Crippen MR) is 103 cm³/mol. The molecule has 3 rings (SSSR count). The van der Waals surface area contributed by atoms with Gasteiger partial charge in [-0.25, -0.2) is 8.42 Å². The molecular formula is C18H30N4O5S. The average molecular weight is 415 g/mol. The van der Waals surface area contributed by atoms with E-state index in [2.05, 4.69) is 10.6 Å². The molecule has 3 aliphatic rings. The summed E-state index contributed by atoms with van der Waals surface area (Å²) in [5.41, 5.74) is 0. The zero-order valence-corrected chi connectivity index (χ0v) is 17.2. The molecule has 28 heavy (non-hydrogen) atoms. The Labute approximate surface area is 166 Å². The summed E-state index contributed by atoms with van der Waals surface area (Å²) in [4.78, 5) is 39.3. The van der Waals surface area contributed by atoms with E-state index in [4.69, 9.17) is 0 Å². The smallest absolute Gasteiger partial charge is 0.242 e. The molecule has 158 valence electrons. The molecule has 2 N–H and O–H groups in total. The second kappa shape index (κ2) is 8.77. The lowest BCUT2D eigenvalue weighted by Gasteiger charge is -2.41. The highest BCUT2D eigenvalue weighted by atomic mass is 32.2. The fraction of sp³-hybridized carbons (Fsp3) is 0.833. The van der Waals surface area contributed by atoms with Crippen molar-refractivity contribution in [3.05, 3.63) is 0 Å². The number of rotatable bonds is 4. The van der Waals surface area contributed by atoms with Crippen molar-refractivity contribution < 1.29 is 22.8 Å². The Kier molecular flexibility index (Phi) is 6.59. The highest BCUT2D eigenvalue weighted by Gasteiger charge is 2.41. The van der Waals surface area contributed by atoms with Crippen molar-refractivity contribution in [2.75, 3.05) is 32.4 Å². The maximum Gasteiger partial charge on any atom is 0.242 e. The Morgan fingerprint density at radius 2 is 1.79 bits per heavy atom. The minimum Gasteiger partial charge on any atom is -0.354 e. The van der Waals surface area contributed by atoms with Gasteiger partial charge < -0.3 is 15.5 Å². The molecule has 1 saturated carbocycles. The van der Waals surface area contributed by atoms with Crippen LogP contribution in [0.5, 0.6) is 0 Å². The van der Waals surface area contributed by atoms with Crippen LogP contribution >= 0.6 is 0 Å². The largest absolute Gasteiger partial charge is 0.354 e. The van der Waals surface area contributed by atoms with Gasteiger partial charge >= 0.3 is 0 Å². The molecule has 0 spiro atoms. The van der Waals surface area contributed by atoms with Gasteiger partial charge in [-0.15, -0.1) is 0 Å². The number of carbonyl (C=O) groups excluding carboxylic acids is 3. The van der Waals surface area contributed by atoms with Crippen molar-refractivity contribution in [3.63, 3.8) is 0 Å². The first-order valence-electron chi connectivity index (χ1n) is 10.1. The fourth-order valence-corrected chi connectivity index (χ4v) is 5.40. The Hall–Kier alpha value is -1.68. The lowest BCUT2D eigenvalue weighted by Crippen LogP contribution is -2.63. The van der Waals surface area contributed by atoms with Gasteiger partial charge in [0.2, 0.25) is 27.7 Å². The molecule has 2 heterocycles. The van der Waals surface area contributed by atoms with E-state index in [1.165, 1.54) is 0 Å². The van der Waals surface area contributed by atoms with E-state index in [9.17, 15) is 22.8 Å². The molecule has 9 nitrogen and oxygen atoms in total. The van der Waals surface area contributed by atoms with Crippen LogP contribution in [-0.2, 0) is 24.4 Å². The SMILES string of the molecule is CS(=O)(=O)N1CCN(C(=O)C2CCCCC2)CC1C(=O)NC1CCCNC1=O. The molecule has 0 radical (unpaired) electrons. The van der Waals surface area contributed by atoms with Crippen LogP contribution in [0.15, 0.2) is 0 Å². The van der Waals surface area contributed by atoms with Gasteiger partial charge in [-0.3, -0.25) is 14.4 Å². The molecule has 1 aliphatic carbocycles. The predicted octanol–water partition coefficient (Wildman–Crippen LogP) is -0.566. The molecule has 0 aromatic heterocycles. The Morgan fingerprint density at radius 1 is 1.07 bits per heavy atom. The van der Waals surface area contributed by atoms with Gasteiger partial charge in [0.25, 0.3) is 0 Å². The summed E-state index contributed by atoms with van der Waals surface area (Å²) in [5.74, 6) is -0.794. The van der Waals surface area contributed by atoms with Gasteiger partial charge in [0.15, 0.2) is 0 Å². The van der Waals surface area contributed by atoms with Crippen molar-refractivity contribution in [1.29, 1.82) is 0 Å². The zero-order chi connectivity index (χ0) is 20.3. The van der Waals surface area contributed by atoms with E-state index in [0.717, 1.165) is 49.1 Å². The van der Waals surface area contributed by atoms with Crippen LogP contribution < -0.4 is 10.6 Å². The van der Waals surface area contributed by atoms with E-state index < -0.39 is 28.0 Å². The monoisotopic (exact) mass is 414 g/mol. The van der Waals surface area contributed by atoms with Gasteiger partial charge in [0.1, 0.15) is 12.1 Å². The highest BCUT2D eigenvalue weighted by Crippen LogP contribution is 2.27. The van der Waals surface area contributed by atoms with Gasteiger partial charge in [-0.2, -0.15) is 4.31 Å². The number of sulfonamides is 1. The number of hydrogen-bond donors (Lipinski definition) is 2. The van der Waals surface area contributed by atoms with Crippen LogP contribution in [0.4, 0.5) is 0 Å². The first kappa shape index (κ1) is 21.0. The summed E-state index contributed by atoms with van der Waals surface area (Å²) in [7, 11) is -3.61. The standard InChI is InChI=1S/C18H30N4O5S/c1-28(26,27)22-11-10-21(18(25)13-6-3-2-4-7-13)12-15(22)17(24)20-14-8-5-9-19-16(14)23/h13-15H,2-12H2,1H3,(H,19,23)(H,20,24). The molecule has 2 unspecified atom stereocenters. The quantitative estimate of drug-likeness (QED) is 0.639. The molecule has 0 bridgehead atoms. The molecular weight excluding hydrogens is 384 g/mol. The topological polar surface area (TPSA) is 116 Å². The van der Waals surface area contributed by atoms with Gasteiger partial charge in [-0.05, 0) is 25.7 Å². The van der Waals surface area contributed by atoms with Gasteiger partial charge in [0, 0.05) is 32.1 Å². The highest BCUT2D eigenvalue weighted by molar-refractivity contribution is 7.88. The van der Waals surface area contributed by atoms with Gasteiger partial charge in [0.05, 0.1) is 6.26 Å². The fourth-order valence-electron chi connectivity index (χ4n) is 4.36. The summed E-state index contributed by atoms with van der Waals surface area (Å²) in [6.45, 7) is 0.985. The van der Waals surface area contributed by atoms with Gasteiger partial charge in [-0.1, -0.05) is 19.3 Å². The molecule has 3 amide bonds. The van der Waals surface area contributed by atoms with Crippen molar-refractivity contribution in [2.24, 2.45) is 5.92 Å². The Morgan fingerprint density at radius 3 is 2.43 bits per heavy atom. The normalized spacial score (nSPS) is 27.9. The van der Waals surface area contributed by atoms with Crippen LogP contribution in [-0.4, -0.2) is 79.9 Å². The number of piperidine rings is 1. The van der Waals surface area contributed by atoms with Crippen molar-refractivity contribution in [1.82, 2.24) is 19.8 Å². The minimum atomic E-state index is -3.61. The lowest BCUT2D eigenvalue weighted by atomic mass is 9.88. The first-order chi connectivity index (χ1) is 13.3. The maximum absolute atomic E-state index is 12.9. The van der Waals surface area contributed by atoms with Crippen LogP contribution in [0.1, 0.15) is 44.9 Å². The number of hydrogen-bond acceptors (Lipinski definition) is 5. The number of nitrogens with one attached hydrogen (secondary N) is 2. The summed E-state index contributed by atoms with van der Waals surface area (Å²) >= 11 is 0. The summed E-state index contributed by atoms with van der Waals surface area (Å²) in [5, 5.41) is 5.39. The van der Waals surface area contributed by atoms with E-state index >= 15 is 0 Å². The van der Waals surface area contributed by atoms with Crippen LogP contribution in [0.3, 0.4) is 0 Å². The van der Waals surface area contributed by atoms with Crippen molar-refractivity contribution >= 4 is 27.7 Å². The molecule has 0 aromatic rings. The van der Waals surface area contributed by atoms with Crippen molar-refractivity contribution in [3.8, 4) is 0 Å². The van der Waals surface area contributed by atoms with E-state index in [0.29, 0.717) is 13.0 Å². The van der Waals surface area contributed by atoms with E-state index in [-0.39, 0.29) is 37.4 Å². The van der Waals surface area contributed by atoms with Crippen molar-refractivity contribution in [2.45, 2.75) is 57.0 Å². The second-order valence-electron chi connectivity index (χ2n) is 8.00. The lowest BCUT2D eigenvalue weighted by molar-refractivity contribution is -0.141. The Balaban J connectivity index is 1.72. The minimum absolute atomic E-state index is 0.0149. The zero-order valence-electron chi connectivity index (χ0n) is 16.4. The third kappa shape index (κ3) is 4.83. The third-order valence-electron chi connectivity index (χ3n) is 5.93. The van der Waals surface area contributed by atoms with E-state index in [1.54, 1.807) is 4.90 Å². The molecule has 0 aromatic carbocycles.